The van der Waals surface area contributed by atoms with Gasteiger partial charge in [-0.25, -0.2) is 4.79 Å². The van der Waals surface area contributed by atoms with Crippen LogP contribution in [0.2, 0.25) is 26.2 Å². The third kappa shape index (κ3) is 4.30. The lowest BCUT2D eigenvalue weighted by molar-refractivity contribution is -0.131. The third-order valence-electron chi connectivity index (χ3n) is 6.26. The van der Waals surface area contributed by atoms with Crippen LogP contribution < -0.4 is 0 Å². The van der Waals surface area contributed by atoms with Crippen LogP contribution in [-0.2, 0) is 4.79 Å². The van der Waals surface area contributed by atoms with Gasteiger partial charge in [-0.15, -0.1) is 5.54 Å². The van der Waals surface area contributed by atoms with E-state index in [4.69, 9.17) is 0 Å². The van der Waals surface area contributed by atoms with Crippen LogP contribution in [0.4, 0.5) is 0 Å². The number of benzene rings is 3. The summed E-state index contributed by atoms with van der Waals surface area (Å²) < 4.78 is 0. The molecule has 0 saturated heterocycles. The van der Waals surface area contributed by atoms with Gasteiger partial charge in [0.15, 0.2) is 8.07 Å². The number of aliphatic carboxylic acids is 1. The monoisotopic (exact) mass is 464 g/mol. The first-order valence-electron chi connectivity index (χ1n) is 11.2. The smallest absolute Gasteiger partial charge is 0.328 e. The zero-order valence-corrected chi connectivity index (χ0v) is 21.5. The Morgan fingerprint density at radius 2 is 1.21 bits per heavy atom. The molecule has 0 amide bonds. The van der Waals surface area contributed by atoms with Crippen molar-refractivity contribution >= 4 is 33.3 Å². The predicted octanol–water partition coefficient (Wildman–Crippen LogP) is 6.62. The van der Waals surface area contributed by atoms with Gasteiger partial charge in [-0.2, -0.15) is 0 Å². The van der Waals surface area contributed by atoms with Crippen molar-refractivity contribution in [3.63, 3.8) is 0 Å². The molecule has 4 rings (SSSR count). The first-order valence-corrected chi connectivity index (χ1v) is 17.2. The minimum Gasteiger partial charge on any atom is -0.478 e. The molecule has 1 aliphatic rings. The summed E-state index contributed by atoms with van der Waals surface area (Å²) in [5.41, 5.74) is 8.65. The van der Waals surface area contributed by atoms with E-state index in [0.717, 1.165) is 27.8 Å². The first kappa shape index (κ1) is 22.8. The molecule has 0 atom stereocenters. The van der Waals surface area contributed by atoms with Gasteiger partial charge in [-0.05, 0) is 34.4 Å². The lowest BCUT2D eigenvalue weighted by Gasteiger charge is -2.31. The second kappa shape index (κ2) is 8.86. The molecule has 1 aliphatic heterocycles. The summed E-state index contributed by atoms with van der Waals surface area (Å²) in [7, 11) is -4.83. The third-order valence-corrected chi connectivity index (χ3v) is 15.5. The Labute approximate surface area is 198 Å². The summed E-state index contributed by atoms with van der Waals surface area (Å²) in [6.45, 7) is 8.90. The van der Waals surface area contributed by atoms with Crippen molar-refractivity contribution < 1.29 is 9.90 Å². The molecule has 2 nitrogen and oxygen atoms in total. The van der Waals surface area contributed by atoms with Crippen LogP contribution in [0.5, 0.6) is 0 Å². The molecule has 0 bridgehead atoms. The fourth-order valence-corrected chi connectivity index (χ4v) is 15.9. The van der Waals surface area contributed by atoms with Crippen molar-refractivity contribution in [2.75, 3.05) is 0 Å². The van der Waals surface area contributed by atoms with Crippen LogP contribution in [0.15, 0.2) is 101 Å². The molecule has 4 heteroatoms. The van der Waals surface area contributed by atoms with Crippen molar-refractivity contribution in [1.82, 2.24) is 0 Å². The van der Waals surface area contributed by atoms with Gasteiger partial charge in [0.1, 0.15) is 8.07 Å². The van der Waals surface area contributed by atoms with Crippen molar-refractivity contribution in [2.45, 2.75) is 26.2 Å². The second-order valence-corrected chi connectivity index (χ2v) is 18.2. The molecule has 3 aromatic rings. The van der Waals surface area contributed by atoms with E-state index >= 15 is 0 Å². The standard InChI is InChI=1S/C29H28O2Si2/c1-32(2,21-20-22-14-8-5-9-15-22)29-26(24-18-12-7-13-19-24)25(23-16-10-6-11-17-23)27(28(30)31)33(29,3)4/h5-19H,1-4H3,(H,30,31). The molecule has 0 spiro atoms. The predicted molar refractivity (Wildman–Crippen MR) is 143 cm³/mol. The highest BCUT2D eigenvalue weighted by molar-refractivity contribution is 7.15. The van der Waals surface area contributed by atoms with Crippen LogP contribution in [-0.4, -0.2) is 27.2 Å². The highest BCUT2D eigenvalue weighted by atomic mass is 28.4. The average molecular weight is 465 g/mol. The fourth-order valence-electron chi connectivity index (χ4n) is 5.07. The SMILES string of the molecule is C[Si](C)(C#Cc1ccccc1)C1=C(c2ccccc2)C(c2ccccc2)=C(C(=O)O)[Si]1(C)C. The van der Waals surface area contributed by atoms with E-state index in [0.29, 0.717) is 5.20 Å². The Bertz CT molecular complexity index is 1310. The van der Waals surface area contributed by atoms with Crippen LogP contribution >= 0.6 is 0 Å². The number of hydrogen-bond donors (Lipinski definition) is 1. The maximum absolute atomic E-state index is 12.8. The Balaban J connectivity index is 2.04. The van der Waals surface area contributed by atoms with Crippen molar-refractivity contribution in [3.8, 4) is 11.5 Å². The number of carbonyl (C=O) groups is 1. The van der Waals surface area contributed by atoms with Gasteiger partial charge in [0, 0.05) is 10.8 Å². The molecule has 164 valence electrons. The molecule has 0 radical (unpaired) electrons. The molecule has 33 heavy (non-hydrogen) atoms. The highest BCUT2D eigenvalue weighted by Gasteiger charge is 2.51. The second-order valence-electron chi connectivity index (χ2n) is 9.40. The minimum atomic E-state index is -2.51. The molecular formula is C29H28O2Si2. The van der Waals surface area contributed by atoms with Crippen molar-refractivity contribution in [3.05, 3.63) is 118 Å². The van der Waals surface area contributed by atoms with Gasteiger partial charge in [0.05, 0.1) is 0 Å². The summed E-state index contributed by atoms with van der Waals surface area (Å²) >= 11 is 0. The van der Waals surface area contributed by atoms with Crippen LogP contribution in [0.1, 0.15) is 16.7 Å². The van der Waals surface area contributed by atoms with E-state index in [1.165, 1.54) is 4.82 Å². The van der Waals surface area contributed by atoms with Gasteiger partial charge in [0.25, 0.3) is 0 Å². The van der Waals surface area contributed by atoms with Crippen LogP contribution in [0.25, 0.3) is 11.1 Å². The summed E-state index contributed by atoms with van der Waals surface area (Å²) in [4.78, 5) is 14.1. The van der Waals surface area contributed by atoms with E-state index in [9.17, 15) is 9.90 Å². The number of hydrogen-bond acceptors (Lipinski definition) is 1. The number of allylic oxidation sites excluding steroid dienone is 2. The Kier molecular flexibility index (Phi) is 6.12. The molecule has 3 aromatic carbocycles. The molecule has 0 fully saturated rings. The maximum Gasteiger partial charge on any atom is 0.328 e. The van der Waals surface area contributed by atoms with Gasteiger partial charge >= 0.3 is 5.97 Å². The van der Waals surface area contributed by atoms with Gasteiger partial charge in [-0.3, -0.25) is 0 Å². The normalized spacial score (nSPS) is 15.3. The Hall–Kier alpha value is -3.40. The van der Waals surface area contributed by atoms with Crippen LogP contribution in [0.3, 0.4) is 0 Å². The van der Waals surface area contributed by atoms with E-state index in [1.807, 2.05) is 78.9 Å². The Morgan fingerprint density at radius 1 is 0.758 bits per heavy atom. The van der Waals surface area contributed by atoms with Crippen molar-refractivity contribution in [1.29, 1.82) is 0 Å². The molecule has 0 aromatic heterocycles. The van der Waals surface area contributed by atoms with E-state index in [-0.39, 0.29) is 0 Å². The van der Waals surface area contributed by atoms with Gasteiger partial charge in [-0.1, -0.05) is 116 Å². The summed E-state index contributed by atoms with van der Waals surface area (Å²) in [5, 5.41) is 11.1. The molecular weight excluding hydrogens is 436 g/mol. The first-order chi connectivity index (χ1) is 15.7. The van der Waals surface area contributed by atoms with Crippen molar-refractivity contribution in [2.24, 2.45) is 0 Å². The van der Waals surface area contributed by atoms with Crippen LogP contribution in [0, 0.1) is 11.5 Å². The number of carboxylic acids is 1. The van der Waals surface area contributed by atoms with Gasteiger partial charge < -0.3 is 5.11 Å². The minimum absolute atomic E-state index is 0.588. The summed E-state index contributed by atoms with van der Waals surface area (Å²) in [6.07, 6.45) is 0. The topological polar surface area (TPSA) is 37.3 Å². The maximum atomic E-state index is 12.8. The lowest BCUT2D eigenvalue weighted by atomic mass is 9.93. The molecule has 0 unspecified atom stereocenters. The zero-order chi connectivity index (χ0) is 23.6. The quantitative estimate of drug-likeness (QED) is 0.348. The fraction of sp³-hybridized carbons (Fsp3) is 0.138. The number of carboxylic acid groups (broad SMARTS) is 1. The van der Waals surface area contributed by atoms with E-state index in [2.05, 4.69) is 49.8 Å². The Morgan fingerprint density at radius 3 is 1.70 bits per heavy atom. The van der Waals surface area contributed by atoms with E-state index < -0.39 is 22.1 Å². The molecule has 0 saturated carbocycles. The number of rotatable bonds is 4. The lowest BCUT2D eigenvalue weighted by Crippen LogP contribution is -2.45. The largest absolute Gasteiger partial charge is 0.478 e. The zero-order valence-electron chi connectivity index (χ0n) is 19.5. The molecule has 1 heterocycles. The molecule has 1 N–H and O–H groups in total. The molecule has 0 aliphatic carbocycles. The average Bonchev–Trinajstić information content (AvgIpc) is 3.08. The summed E-state index contributed by atoms with van der Waals surface area (Å²) in [5.74, 6) is 2.59. The van der Waals surface area contributed by atoms with E-state index in [1.54, 1.807) is 0 Å². The summed E-state index contributed by atoms with van der Waals surface area (Å²) in [6, 6.07) is 30.3. The van der Waals surface area contributed by atoms with Gasteiger partial charge in [0.2, 0.25) is 0 Å². The highest BCUT2D eigenvalue weighted by Crippen LogP contribution is 2.51.